The van der Waals surface area contributed by atoms with Crippen LogP contribution in [0.2, 0.25) is 5.02 Å². The number of hydrogen-bond acceptors (Lipinski definition) is 6. The van der Waals surface area contributed by atoms with Gasteiger partial charge < -0.3 is 19.2 Å². The Kier molecular flexibility index (Phi) is 4.63. The SMILES string of the molecule is COc1cc(CN2CCc3nc(-c4ccco4)[nH]c(=O)c3C2)cc(Cl)c1O. The molecule has 0 bridgehead atoms. The second-order valence-corrected chi connectivity index (χ2v) is 6.81. The number of hydrogen-bond donors (Lipinski definition) is 2. The predicted octanol–water partition coefficient (Wildman–Crippen LogP) is 2.96. The van der Waals surface area contributed by atoms with E-state index in [1.807, 2.05) is 0 Å². The summed E-state index contributed by atoms with van der Waals surface area (Å²) in [6.45, 7) is 1.81. The molecule has 0 amide bonds. The van der Waals surface area contributed by atoms with Crippen molar-refractivity contribution in [1.29, 1.82) is 0 Å². The number of aromatic nitrogens is 2. The molecule has 0 unspecified atom stereocenters. The number of methoxy groups -OCH3 is 1. The zero-order valence-corrected chi connectivity index (χ0v) is 15.4. The number of nitrogens with one attached hydrogen (secondary N) is 1. The molecule has 1 aliphatic heterocycles. The molecule has 4 rings (SSSR count). The van der Waals surface area contributed by atoms with Crippen molar-refractivity contribution in [3.8, 4) is 23.1 Å². The molecular weight excluding hydrogens is 370 g/mol. The van der Waals surface area contributed by atoms with Crippen LogP contribution in [0.25, 0.3) is 11.6 Å². The maximum atomic E-state index is 12.5. The Morgan fingerprint density at radius 3 is 3.04 bits per heavy atom. The summed E-state index contributed by atoms with van der Waals surface area (Å²) in [6, 6.07) is 6.98. The minimum Gasteiger partial charge on any atom is -0.503 e. The van der Waals surface area contributed by atoms with Gasteiger partial charge in [-0.2, -0.15) is 0 Å². The molecule has 140 valence electrons. The standard InChI is InChI=1S/C19H18ClN3O4/c1-26-16-8-11(7-13(20)17(16)24)9-23-5-4-14-12(10-23)19(25)22-18(21-14)15-3-2-6-27-15/h2-3,6-8,24H,4-5,9-10H2,1H3,(H,21,22,25). The van der Waals surface area contributed by atoms with E-state index in [1.165, 1.54) is 7.11 Å². The van der Waals surface area contributed by atoms with E-state index < -0.39 is 0 Å². The third-order valence-corrected chi connectivity index (χ3v) is 4.90. The van der Waals surface area contributed by atoms with Crippen molar-refractivity contribution in [1.82, 2.24) is 14.9 Å². The van der Waals surface area contributed by atoms with Gasteiger partial charge in [0.1, 0.15) is 0 Å². The van der Waals surface area contributed by atoms with E-state index >= 15 is 0 Å². The molecule has 1 aliphatic rings. The molecule has 0 atom stereocenters. The number of benzene rings is 1. The lowest BCUT2D eigenvalue weighted by molar-refractivity contribution is 0.241. The zero-order valence-electron chi connectivity index (χ0n) is 14.7. The molecule has 2 aromatic heterocycles. The largest absolute Gasteiger partial charge is 0.503 e. The highest BCUT2D eigenvalue weighted by Crippen LogP contribution is 2.35. The molecule has 0 spiro atoms. The van der Waals surface area contributed by atoms with Gasteiger partial charge in [0.2, 0.25) is 0 Å². The smallest absolute Gasteiger partial charge is 0.256 e. The fourth-order valence-electron chi connectivity index (χ4n) is 3.28. The quantitative estimate of drug-likeness (QED) is 0.715. The number of ether oxygens (including phenoxy) is 1. The summed E-state index contributed by atoms with van der Waals surface area (Å²) in [7, 11) is 1.48. The number of nitrogens with zero attached hydrogens (tertiary/aromatic N) is 2. The van der Waals surface area contributed by atoms with Crippen LogP contribution < -0.4 is 10.3 Å². The number of phenols is 1. The second-order valence-electron chi connectivity index (χ2n) is 6.41. The van der Waals surface area contributed by atoms with E-state index in [9.17, 15) is 9.90 Å². The van der Waals surface area contributed by atoms with Gasteiger partial charge in [-0.05, 0) is 29.8 Å². The first-order chi connectivity index (χ1) is 13.0. The Balaban J connectivity index is 1.57. The third kappa shape index (κ3) is 3.43. The van der Waals surface area contributed by atoms with Crippen LogP contribution in [0.3, 0.4) is 0 Å². The van der Waals surface area contributed by atoms with Crippen LogP contribution in [0, 0.1) is 0 Å². The minimum atomic E-state index is -0.155. The third-order valence-electron chi connectivity index (χ3n) is 4.62. The van der Waals surface area contributed by atoms with Gasteiger partial charge in [-0.15, -0.1) is 0 Å². The highest BCUT2D eigenvalue weighted by Gasteiger charge is 2.22. The molecule has 0 saturated heterocycles. The molecule has 2 N–H and O–H groups in total. The van der Waals surface area contributed by atoms with Gasteiger partial charge in [-0.3, -0.25) is 9.69 Å². The van der Waals surface area contributed by atoms with E-state index in [-0.39, 0.29) is 16.3 Å². The first-order valence-corrected chi connectivity index (χ1v) is 8.86. The number of aromatic amines is 1. The lowest BCUT2D eigenvalue weighted by Crippen LogP contribution is -2.35. The Morgan fingerprint density at radius 2 is 2.30 bits per heavy atom. The summed E-state index contributed by atoms with van der Waals surface area (Å²) in [5.74, 6) is 1.26. The molecule has 3 heterocycles. The average molecular weight is 388 g/mol. The summed E-state index contributed by atoms with van der Waals surface area (Å²) in [6.07, 6.45) is 2.21. The minimum absolute atomic E-state index is 0.0713. The van der Waals surface area contributed by atoms with Crippen molar-refractivity contribution < 1.29 is 14.3 Å². The van der Waals surface area contributed by atoms with E-state index in [2.05, 4.69) is 14.9 Å². The first-order valence-electron chi connectivity index (χ1n) is 8.49. The summed E-state index contributed by atoms with van der Waals surface area (Å²) < 4.78 is 10.5. The van der Waals surface area contributed by atoms with Crippen molar-refractivity contribution >= 4 is 11.6 Å². The number of furan rings is 1. The maximum Gasteiger partial charge on any atom is 0.256 e. The van der Waals surface area contributed by atoms with Crippen LogP contribution in [0.15, 0.2) is 39.7 Å². The van der Waals surface area contributed by atoms with Gasteiger partial charge in [0, 0.05) is 26.1 Å². The van der Waals surface area contributed by atoms with Gasteiger partial charge in [-0.1, -0.05) is 11.6 Å². The average Bonchev–Trinajstić information content (AvgIpc) is 3.19. The number of halogens is 1. The van der Waals surface area contributed by atoms with Crippen LogP contribution in [-0.2, 0) is 19.5 Å². The van der Waals surface area contributed by atoms with Gasteiger partial charge in [0.05, 0.1) is 29.7 Å². The van der Waals surface area contributed by atoms with Crippen LogP contribution in [0.1, 0.15) is 16.8 Å². The number of fused-ring (bicyclic) bond motifs is 1. The molecule has 3 aromatic rings. The number of H-pyrrole nitrogens is 1. The number of rotatable bonds is 4. The highest BCUT2D eigenvalue weighted by atomic mass is 35.5. The molecule has 1 aromatic carbocycles. The predicted molar refractivity (Wildman–Crippen MR) is 100 cm³/mol. The van der Waals surface area contributed by atoms with Crippen LogP contribution in [0.4, 0.5) is 0 Å². The molecule has 0 fully saturated rings. The van der Waals surface area contributed by atoms with Gasteiger partial charge in [0.15, 0.2) is 23.1 Å². The monoisotopic (exact) mass is 387 g/mol. The molecular formula is C19H18ClN3O4. The van der Waals surface area contributed by atoms with Crippen molar-refractivity contribution in [2.24, 2.45) is 0 Å². The molecule has 27 heavy (non-hydrogen) atoms. The Bertz CT molecular complexity index is 1030. The molecule has 7 nitrogen and oxygen atoms in total. The summed E-state index contributed by atoms with van der Waals surface area (Å²) in [5.41, 5.74) is 2.20. The molecule has 0 aliphatic carbocycles. The lowest BCUT2D eigenvalue weighted by atomic mass is 10.1. The first kappa shape index (κ1) is 17.6. The van der Waals surface area contributed by atoms with E-state index in [4.69, 9.17) is 20.8 Å². The zero-order chi connectivity index (χ0) is 19.0. The van der Waals surface area contributed by atoms with Crippen LogP contribution in [0.5, 0.6) is 11.5 Å². The molecule has 8 heteroatoms. The van der Waals surface area contributed by atoms with Crippen molar-refractivity contribution in [3.63, 3.8) is 0 Å². The van der Waals surface area contributed by atoms with E-state index in [0.717, 1.165) is 17.8 Å². The van der Waals surface area contributed by atoms with Gasteiger partial charge in [0.25, 0.3) is 5.56 Å². The van der Waals surface area contributed by atoms with E-state index in [0.29, 0.717) is 42.4 Å². The lowest BCUT2D eigenvalue weighted by Gasteiger charge is -2.27. The van der Waals surface area contributed by atoms with Crippen molar-refractivity contribution in [2.45, 2.75) is 19.5 Å². The van der Waals surface area contributed by atoms with E-state index in [1.54, 1.807) is 30.5 Å². The van der Waals surface area contributed by atoms with Crippen molar-refractivity contribution in [2.75, 3.05) is 13.7 Å². The normalized spacial score (nSPS) is 14.1. The van der Waals surface area contributed by atoms with Crippen LogP contribution >= 0.6 is 11.6 Å². The summed E-state index contributed by atoms with van der Waals surface area (Å²) >= 11 is 6.07. The fourth-order valence-corrected chi connectivity index (χ4v) is 3.51. The number of aromatic hydroxyl groups is 1. The van der Waals surface area contributed by atoms with Crippen molar-refractivity contribution in [3.05, 3.63) is 62.7 Å². The summed E-state index contributed by atoms with van der Waals surface area (Å²) in [4.78, 5) is 22.0. The van der Waals surface area contributed by atoms with Gasteiger partial charge >= 0.3 is 0 Å². The Labute approximate surface area is 160 Å². The number of phenolic OH excluding ortho intramolecular Hbond substituents is 1. The summed E-state index contributed by atoms with van der Waals surface area (Å²) in [5, 5.41) is 10.1. The van der Waals surface area contributed by atoms with Gasteiger partial charge in [-0.25, -0.2) is 4.98 Å². The fraction of sp³-hybridized carbons (Fsp3) is 0.263. The topological polar surface area (TPSA) is 91.6 Å². The Hall–Kier alpha value is -2.77. The molecule has 0 radical (unpaired) electrons. The highest BCUT2D eigenvalue weighted by molar-refractivity contribution is 6.32. The Morgan fingerprint density at radius 1 is 1.44 bits per heavy atom. The van der Waals surface area contributed by atoms with Crippen LogP contribution in [-0.4, -0.2) is 33.6 Å². The molecule has 0 saturated carbocycles. The maximum absolute atomic E-state index is 12.5. The second kappa shape index (κ2) is 7.09.